The second-order valence-corrected chi connectivity index (χ2v) is 21.1. The van der Waals surface area contributed by atoms with Crippen LogP contribution in [0, 0.1) is 6.92 Å². The smallest absolute Gasteiger partial charge is 0.197 e. The second kappa shape index (κ2) is 14.7. The van der Waals surface area contributed by atoms with Crippen LogP contribution in [-0.4, -0.2) is 7.28 Å². The Balaban J connectivity index is 1.19. The van der Waals surface area contributed by atoms with E-state index in [0.717, 1.165) is 11.4 Å². The first-order valence-corrected chi connectivity index (χ1v) is 22.8. The molecule has 0 bridgehead atoms. The highest BCUT2D eigenvalue weighted by molar-refractivity contribution is 6.73. The van der Waals surface area contributed by atoms with Gasteiger partial charge in [0.1, 0.15) is 0 Å². The van der Waals surface area contributed by atoms with Gasteiger partial charge in [0, 0.05) is 34.0 Å². The SMILES string of the molecule is Cc1cc(-c2cc(-c3ccccc3)ccc2Nc2ccc(-c3ccccc3)cc2)c2c(c1)N(c1ccc3c(c1)C(C)(C)CCC3(C)C)c1cc3c(cc1[B]2)C(C)(C)CCC3(C)C. The Bertz CT molecular complexity index is 2850. The van der Waals surface area contributed by atoms with Crippen LogP contribution in [0.3, 0.4) is 0 Å². The molecular weight excluding hydrogens is 747 g/mol. The number of hydrogen-bond donors (Lipinski definition) is 1. The predicted molar refractivity (Wildman–Crippen MR) is 267 cm³/mol. The Morgan fingerprint density at radius 1 is 0.452 bits per heavy atom. The minimum atomic E-state index is 0.0865. The molecule has 0 fully saturated rings. The van der Waals surface area contributed by atoms with E-state index in [0.29, 0.717) is 0 Å². The summed E-state index contributed by atoms with van der Waals surface area (Å²) in [5.41, 5.74) is 23.3. The lowest BCUT2D eigenvalue weighted by atomic mass is 9.55. The topological polar surface area (TPSA) is 15.3 Å². The van der Waals surface area contributed by atoms with Gasteiger partial charge in [0.25, 0.3) is 0 Å². The van der Waals surface area contributed by atoms with Crippen LogP contribution in [0.2, 0.25) is 0 Å². The number of aryl methyl sites for hydroxylation is 1. The van der Waals surface area contributed by atoms with Crippen molar-refractivity contribution in [2.45, 2.75) is 110 Å². The van der Waals surface area contributed by atoms with Gasteiger partial charge in [0.15, 0.2) is 7.28 Å². The summed E-state index contributed by atoms with van der Waals surface area (Å²) in [6.45, 7) is 21.8. The number of benzene rings is 7. The fourth-order valence-corrected chi connectivity index (χ4v) is 10.8. The largest absolute Gasteiger partial charge is 0.355 e. The van der Waals surface area contributed by atoms with E-state index in [-0.39, 0.29) is 21.7 Å². The Hall–Kier alpha value is -5.80. The summed E-state index contributed by atoms with van der Waals surface area (Å²) in [6.07, 6.45) is 4.74. The molecule has 0 unspecified atom stereocenters. The van der Waals surface area contributed by atoms with Crippen molar-refractivity contribution >= 4 is 46.6 Å². The summed E-state index contributed by atoms with van der Waals surface area (Å²) in [7, 11) is 2.51. The number of fused-ring (bicyclic) bond motifs is 4. The highest BCUT2D eigenvalue weighted by Crippen LogP contribution is 2.51. The van der Waals surface area contributed by atoms with E-state index in [1.165, 1.54) is 115 Å². The van der Waals surface area contributed by atoms with Crippen LogP contribution in [0.4, 0.5) is 28.4 Å². The number of anilines is 5. The summed E-state index contributed by atoms with van der Waals surface area (Å²) in [4.78, 5) is 2.62. The standard InChI is InChI=1S/C59H60BN2/c1-38-32-46(45-34-42(40-18-14-11-15-19-40)22-27-52(45)61-43-23-20-41(21-24-43)39-16-12-10-13-17-39)55-54(33-38)62(44-25-26-47-48(35-44)57(4,5)29-28-56(47,2)3)53-37-50-49(36-51(53)60-55)58(6,7)30-31-59(50,8)9/h10-27,32-37,61H,28-31H2,1-9H3. The van der Waals surface area contributed by atoms with Crippen LogP contribution in [0.5, 0.6) is 0 Å². The van der Waals surface area contributed by atoms with E-state index in [2.05, 4.69) is 225 Å². The first kappa shape index (κ1) is 40.3. The zero-order valence-electron chi connectivity index (χ0n) is 38.2. The van der Waals surface area contributed by atoms with E-state index in [1.54, 1.807) is 0 Å². The molecule has 1 N–H and O–H groups in total. The molecule has 0 saturated carbocycles. The lowest BCUT2D eigenvalue weighted by Crippen LogP contribution is -2.44. The molecule has 0 atom stereocenters. The van der Waals surface area contributed by atoms with Crippen LogP contribution < -0.4 is 21.1 Å². The molecule has 0 amide bonds. The molecule has 0 spiro atoms. The lowest BCUT2D eigenvalue weighted by Gasteiger charge is -2.45. The van der Waals surface area contributed by atoms with Gasteiger partial charge in [-0.15, -0.1) is 0 Å². The first-order valence-electron chi connectivity index (χ1n) is 22.8. The van der Waals surface area contributed by atoms with Gasteiger partial charge in [-0.2, -0.15) is 0 Å². The minimum absolute atomic E-state index is 0.0865. The zero-order valence-corrected chi connectivity index (χ0v) is 38.2. The van der Waals surface area contributed by atoms with E-state index in [9.17, 15) is 0 Å². The Morgan fingerprint density at radius 2 is 0.984 bits per heavy atom. The number of nitrogens with zero attached hydrogens (tertiary/aromatic N) is 1. The third-order valence-electron chi connectivity index (χ3n) is 14.9. The fourth-order valence-electron chi connectivity index (χ4n) is 10.8. The molecule has 1 aliphatic heterocycles. The fraction of sp³-hybridized carbons (Fsp3) is 0.288. The van der Waals surface area contributed by atoms with Gasteiger partial charge in [0.2, 0.25) is 0 Å². The maximum atomic E-state index is 3.90. The van der Waals surface area contributed by atoms with Gasteiger partial charge in [-0.25, -0.2) is 0 Å². The van der Waals surface area contributed by atoms with Gasteiger partial charge < -0.3 is 10.2 Å². The van der Waals surface area contributed by atoms with Gasteiger partial charge >= 0.3 is 0 Å². The molecule has 1 heterocycles. The van der Waals surface area contributed by atoms with Gasteiger partial charge in [0.05, 0.1) is 0 Å². The highest BCUT2D eigenvalue weighted by Gasteiger charge is 2.41. The highest BCUT2D eigenvalue weighted by atomic mass is 15.2. The molecule has 3 aliphatic rings. The molecule has 10 rings (SSSR count). The van der Waals surface area contributed by atoms with Crippen molar-refractivity contribution < 1.29 is 0 Å². The van der Waals surface area contributed by atoms with E-state index >= 15 is 0 Å². The zero-order chi connectivity index (χ0) is 43.2. The third kappa shape index (κ3) is 6.99. The molecule has 62 heavy (non-hydrogen) atoms. The lowest BCUT2D eigenvalue weighted by molar-refractivity contribution is 0.332. The van der Waals surface area contributed by atoms with Crippen LogP contribution in [0.15, 0.2) is 146 Å². The van der Waals surface area contributed by atoms with E-state index in [1.807, 2.05) is 0 Å². The molecule has 309 valence electrons. The average Bonchev–Trinajstić information content (AvgIpc) is 3.26. The molecule has 0 aromatic heterocycles. The molecule has 2 aliphatic carbocycles. The summed E-state index contributed by atoms with van der Waals surface area (Å²) in [5, 5.41) is 3.90. The first-order chi connectivity index (χ1) is 29.6. The molecule has 3 heteroatoms. The number of hydrogen-bond acceptors (Lipinski definition) is 2. The van der Waals surface area contributed by atoms with E-state index < -0.39 is 0 Å². The minimum Gasteiger partial charge on any atom is -0.355 e. The molecule has 7 aromatic rings. The maximum absolute atomic E-state index is 3.90. The summed E-state index contributed by atoms with van der Waals surface area (Å²) >= 11 is 0. The van der Waals surface area contributed by atoms with Crippen LogP contribution >= 0.6 is 0 Å². The monoisotopic (exact) mass is 807 g/mol. The Labute approximate surface area is 371 Å². The van der Waals surface area contributed by atoms with Gasteiger partial charge in [-0.05, 0) is 164 Å². The van der Waals surface area contributed by atoms with Crippen molar-refractivity contribution in [2.75, 3.05) is 10.2 Å². The van der Waals surface area contributed by atoms with Crippen LogP contribution in [-0.2, 0) is 21.7 Å². The van der Waals surface area contributed by atoms with Gasteiger partial charge in [-0.3, -0.25) is 0 Å². The average molecular weight is 808 g/mol. The van der Waals surface area contributed by atoms with Crippen molar-refractivity contribution in [3.8, 4) is 33.4 Å². The van der Waals surface area contributed by atoms with E-state index in [4.69, 9.17) is 0 Å². The number of nitrogens with one attached hydrogen (secondary N) is 1. The predicted octanol–water partition coefficient (Wildman–Crippen LogP) is 14.9. The van der Waals surface area contributed by atoms with Crippen molar-refractivity contribution in [3.05, 3.63) is 173 Å². The quantitative estimate of drug-likeness (QED) is 0.168. The normalized spacial score (nSPS) is 17.5. The second-order valence-electron chi connectivity index (χ2n) is 21.1. The molecule has 1 radical (unpaired) electrons. The Kier molecular flexibility index (Phi) is 9.52. The summed E-state index contributed by atoms with van der Waals surface area (Å²) in [5.74, 6) is 0. The molecule has 7 aromatic carbocycles. The maximum Gasteiger partial charge on any atom is 0.197 e. The molecule has 0 saturated heterocycles. The Morgan fingerprint density at radius 3 is 1.61 bits per heavy atom. The van der Waals surface area contributed by atoms with Crippen molar-refractivity contribution in [1.29, 1.82) is 0 Å². The summed E-state index contributed by atoms with van der Waals surface area (Å²) < 4.78 is 0. The van der Waals surface area contributed by atoms with Crippen molar-refractivity contribution in [2.24, 2.45) is 0 Å². The number of rotatable bonds is 6. The molecular formula is C59H60BN2. The molecule has 2 nitrogen and oxygen atoms in total. The third-order valence-corrected chi connectivity index (χ3v) is 14.9. The van der Waals surface area contributed by atoms with Crippen molar-refractivity contribution in [3.63, 3.8) is 0 Å². The van der Waals surface area contributed by atoms with Crippen LogP contribution in [0.25, 0.3) is 33.4 Å². The van der Waals surface area contributed by atoms with Crippen molar-refractivity contribution in [1.82, 2.24) is 0 Å². The van der Waals surface area contributed by atoms with Gasteiger partial charge in [-0.1, -0.05) is 158 Å². The van der Waals surface area contributed by atoms with Crippen LogP contribution in [0.1, 0.15) is 109 Å². The summed E-state index contributed by atoms with van der Waals surface area (Å²) in [6, 6.07) is 54.6.